The molecule has 1 aromatic rings. The Morgan fingerprint density at radius 1 is 1.53 bits per heavy atom. The van der Waals surface area contributed by atoms with Crippen molar-refractivity contribution in [2.45, 2.75) is 19.3 Å². The third kappa shape index (κ3) is 3.35. The maximum atomic E-state index is 10.7. The van der Waals surface area contributed by atoms with Crippen molar-refractivity contribution < 1.29 is 9.66 Å². The minimum absolute atomic E-state index is 0.0499. The molecular weight excluding hydrogens is 246 g/mol. The highest BCUT2D eigenvalue weighted by Crippen LogP contribution is 2.48. The van der Waals surface area contributed by atoms with Gasteiger partial charge < -0.3 is 15.8 Å². The van der Waals surface area contributed by atoms with Crippen molar-refractivity contribution in [3.63, 3.8) is 0 Å². The van der Waals surface area contributed by atoms with Crippen molar-refractivity contribution >= 4 is 17.1 Å². The molecule has 2 rings (SSSR count). The van der Waals surface area contributed by atoms with E-state index in [1.807, 2.05) is 0 Å². The Morgan fingerprint density at radius 3 is 2.79 bits per heavy atom. The molecule has 1 aromatic carbocycles. The molecule has 1 aliphatic rings. The summed E-state index contributed by atoms with van der Waals surface area (Å²) in [4.78, 5) is 10.2. The second-order valence-electron chi connectivity index (χ2n) is 5.13. The molecule has 6 heteroatoms. The molecule has 0 aromatic heterocycles. The van der Waals surface area contributed by atoms with Gasteiger partial charge in [-0.3, -0.25) is 10.1 Å². The predicted molar refractivity (Wildman–Crippen MR) is 74.2 cm³/mol. The number of anilines is 2. The van der Waals surface area contributed by atoms with Crippen molar-refractivity contribution in [2.24, 2.45) is 5.41 Å². The number of nitrogen functional groups attached to an aromatic ring is 1. The molecule has 1 fully saturated rings. The van der Waals surface area contributed by atoms with Gasteiger partial charge in [-0.05, 0) is 36.8 Å². The first kappa shape index (κ1) is 13.6. The number of benzene rings is 1. The number of nitrogens with two attached hydrogens (primary N) is 1. The number of nitro benzene ring substituents is 1. The topological polar surface area (TPSA) is 90.4 Å². The van der Waals surface area contributed by atoms with Crippen molar-refractivity contribution in [1.82, 2.24) is 0 Å². The fourth-order valence-corrected chi connectivity index (χ4v) is 2.13. The Balaban J connectivity index is 1.93. The van der Waals surface area contributed by atoms with E-state index in [2.05, 4.69) is 5.32 Å². The highest BCUT2D eigenvalue weighted by Gasteiger charge is 2.41. The zero-order chi connectivity index (χ0) is 13.9. The highest BCUT2D eigenvalue weighted by molar-refractivity contribution is 5.65. The Hall–Kier alpha value is -1.82. The maximum absolute atomic E-state index is 10.7. The first-order valence-electron chi connectivity index (χ1n) is 6.33. The van der Waals surface area contributed by atoms with Gasteiger partial charge in [-0.1, -0.05) is 0 Å². The van der Waals surface area contributed by atoms with Crippen LogP contribution in [-0.4, -0.2) is 25.2 Å². The lowest BCUT2D eigenvalue weighted by molar-refractivity contribution is -0.383. The molecule has 0 heterocycles. The van der Waals surface area contributed by atoms with Gasteiger partial charge in [-0.25, -0.2) is 0 Å². The largest absolute Gasteiger partial charge is 0.393 e. The van der Waals surface area contributed by atoms with Gasteiger partial charge in [0.2, 0.25) is 0 Å². The van der Waals surface area contributed by atoms with Gasteiger partial charge in [-0.2, -0.15) is 0 Å². The molecule has 6 nitrogen and oxygen atoms in total. The molecule has 0 bridgehead atoms. The van der Waals surface area contributed by atoms with E-state index in [4.69, 9.17) is 10.5 Å². The summed E-state index contributed by atoms with van der Waals surface area (Å²) in [5.74, 6) is 0. The lowest BCUT2D eigenvalue weighted by atomic mass is 10.0. The summed E-state index contributed by atoms with van der Waals surface area (Å²) in [6.45, 7) is 1.62. The van der Waals surface area contributed by atoms with Crippen LogP contribution >= 0.6 is 0 Å². The summed E-state index contributed by atoms with van der Waals surface area (Å²) in [6, 6.07) is 4.75. The molecule has 3 N–H and O–H groups in total. The van der Waals surface area contributed by atoms with Gasteiger partial charge in [0.15, 0.2) is 0 Å². The van der Waals surface area contributed by atoms with Crippen LogP contribution < -0.4 is 11.1 Å². The quantitative estimate of drug-likeness (QED) is 0.449. The number of methoxy groups -OCH3 is 1. The first-order chi connectivity index (χ1) is 9.06. The molecule has 104 valence electrons. The van der Waals surface area contributed by atoms with Crippen LogP contribution in [0.3, 0.4) is 0 Å². The Kier molecular flexibility index (Phi) is 3.90. The van der Waals surface area contributed by atoms with Crippen molar-refractivity contribution in [2.75, 3.05) is 31.3 Å². The van der Waals surface area contributed by atoms with Gasteiger partial charge in [0.1, 0.15) is 5.69 Å². The number of nitrogens with zero attached hydrogens (tertiary/aromatic N) is 1. The van der Waals surface area contributed by atoms with Crippen LogP contribution in [0.25, 0.3) is 0 Å². The fourth-order valence-electron chi connectivity index (χ4n) is 2.13. The smallest absolute Gasteiger partial charge is 0.292 e. The molecule has 0 unspecified atom stereocenters. The first-order valence-corrected chi connectivity index (χ1v) is 6.33. The molecule has 0 spiro atoms. The molecule has 0 saturated heterocycles. The third-order valence-electron chi connectivity index (χ3n) is 3.69. The average Bonchev–Trinajstić information content (AvgIpc) is 3.14. The minimum Gasteiger partial charge on any atom is -0.393 e. The Morgan fingerprint density at radius 2 is 2.26 bits per heavy atom. The number of nitro groups is 1. The molecule has 0 radical (unpaired) electrons. The predicted octanol–water partition coefficient (Wildman–Crippen LogP) is 2.41. The van der Waals surface area contributed by atoms with Gasteiger partial charge in [-0.15, -0.1) is 0 Å². The highest BCUT2D eigenvalue weighted by atomic mass is 16.6. The second kappa shape index (κ2) is 5.44. The summed E-state index contributed by atoms with van der Waals surface area (Å²) in [5, 5.41) is 14.0. The van der Waals surface area contributed by atoms with Gasteiger partial charge in [0.05, 0.1) is 4.92 Å². The van der Waals surface area contributed by atoms with Crippen LogP contribution in [0.1, 0.15) is 19.3 Å². The van der Waals surface area contributed by atoms with Gasteiger partial charge in [0, 0.05) is 32.0 Å². The molecule has 1 saturated carbocycles. The fraction of sp³-hybridized carbons (Fsp3) is 0.538. The SMILES string of the molecule is COCCC1(CNc2ccc([N+](=O)[O-])c(N)c2)CC1. The monoisotopic (exact) mass is 265 g/mol. The Bertz CT molecular complexity index is 472. The second-order valence-corrected chi connectivity index (χ2v) is 5.13. The molecule has 0 aliphatic heterocycles. The number of rotatable bonds is 7. The third-order valence-corrected chi connectivity index (χ3v) is 3.69. The zero-order valence-electron chi connectivity index (χ0n) is 11.0. The molecule has 1 aliphatic carbocycles. The number of ether oxygens (including phenoxy) is 1. The van der Waals surface area contributed by atoms with E-state index in [0.717, 1.165) is 25.3 Å². The van der Waals surface area contributed by atoms with Crippen LogP contribution in [-0.2, 0) is 4.74 Å². The lowest BCUT2D eigenvalue weighted by Gasteiger charge is -2.16. The van der Waals surface area contributed by atoms with Gasteiger partial charge in [0.25, 0.3) is 5.69 Å². The number of hydrogen-bond acceptors (Lipinski definition) is 5. The minimum atomic E-state index is -0.472. The van der Waals surface area contributed by atoms with Crippen LogP contribution in [0.5, 0.6) is 0 Å². The van der Waals surface area contributed by atoms with Crippen molar-refractivity contribution in [3.05, 3.63) is 28.3 Å². The van der Waals surface area contributed by atoms with E-state index in [-0.39, 0.29) is 11.4 Å². The maximum Gasteiger partial charge on any atom is 0.292 e. The molecule has 0 amide bonds. The molecule has 19 heavy (non-hydrogen) atoms. The van der Waals surface area contributed by atoms with E-state index in [0.29, 0.717) is 5.41 Å². The van der Waals surface area contributed by atoms with Crippen molar-refractivity contribution in [1.29, 1.82) is 0 Å². The van der Waals surface area contributed by atoms with E-state index in [1.165, 1.54) is 18.9 Å². The molecular formula is C13H19N3O3. The summed E-state index contributed by atoms with van der Waals surface area (Å²) < 4.78 is 5.11. The zero-order valence-corrected chi connectivity index (χ0v) is 11.0. The Labute approximate surface area is 112 Å². The van der Waals surface area contributed by atoms with Crippen LogP contribution in [0, 0.1) is 15.5 Å². The summed E-state index contributed by atoms with van der Waals surface area (Å²) >= 11 is 0. The average molecular weight is 265 g/mol. The van der Waals surface area contributed by atoms with Crippen LogP contribution in [0.15, 0.2) is 18.2 Å². The van der Waals surface area contributed by atoms with Crippen LogP contribution in [0.4, 0.5) is 17.1 Å². The summed E-state index contributed by atoms with van der Waals surface area (Å²) in [7, 11) is 1.71. The standard InChI is InChI=1S/C13H19N3O3/c1-19-7-6-13(4-5-13)9-15-10-2-3-12(16(17)18)11(14)8-10/h2-3,8,15H,4-7,9,14H2,1H3. The van der Waals surface area contributed by atoms with Crippen molar-refractivity contribution in [3.8, 4) is 0 Å². The number of nitrogens with one attached hydrogen (secondary N) is 1. The lowest BCUT2D eigenvalue weighted by Crippen LogP contribution is -2.17. The van der Waals surface area contributed by atoms with E-state index >= 15 is 0 Å². The summed E-state index contributed by atoms with van der Waals surface area (Å²) in [6.07, 6.45) is 3.44. The normalized spacial score (nSPS) is 16.1. The number of hydrogen-bond donors (Lipinski definition) is 2. The van der Waals surface area contributed by atoms with Crippen LogP contribution in [0.2, 0.25) is 0 Å². The van der Waals surface area contributed by atoms with Gasteiger partial charge >= 0.3 is 0 Å². The molecule has 0 atom stereocenters. The van der Waals surface area contributed by atoms with E-state index in [1.54, 1.807) is 19.2 Å². The van der Waals surface area contributed by atoms with E-state index in [9.17, 15) is 10.1 Å². The van der Waals surface area contributed by atoms with E-state index < -0.39 is 4.92 Å². The summed E-state index contributed by atoms with van der Waals surface area (Å²) in [5.41, 5.74) is 6.95.